The van der Waals surface area contributed by atoms with Gasteiger partial charge in [-0.25, -0.2) is 22.0 Å². The summed E-state index contributed by atoms with van der Waals surface area (Å²) in [4.78, 5) is 15.2. The molecule has 194 valence electrons. The van der Waals surface area contributed by atoms with Crippen LogP contribution in [0.15, 0.2) is 46.9 Å². The Labute approximate surface area is 227 Å². The van der Waals surface area contributed by atoms with Crippen molar-refractivity contribution in [3.63, 3.8) is 0 Å². The number of piperazine rings is 1. The van der Waals surface area contributed by atoms with Crippen LogP contribution in [0.2, 0.25) is 5.02 Å². The first kappa shape index (κ1) is 27.1. The monoisotopic (exact) mass is 618 g/mol. The molecule has 1 fully saturated rings. The van der Waals surface area contributed by atoms with Crippen LogP contribution in [0.25, 0.3) is 0 Å². The van der Waals surface area contributed by atoms with Gasteiger partial charge in [0.2, 0.25) is 5.82 Å². The lowest BCUT2D eigenvalue weighted by Gasteiger charge is -2.38. The van der Waals surface area contributed by atoms with Crippen LogP contribution in [0, 0.1) is 29.1 Å². The zero-order chi connectivity index (χ0) is 26.9. The van der Waals surface area contributed by atoms with Gasteiger partial charge in [0.1, 0.15) is 5.69 Å². The van der Waals surface area contributed by atoms with E-state index in [-0.39, 0.29) is 37.2 Å². The summed E-state index contributed by atoms with van der Waals surface area (Å²) >= 11 is 14.9. The molecule has 1 amide bonds. The van der Waals surface area contributed by atoms with Gasteiger partial charge in [0.15, 0.2) is 28.4 Å². The van der Waals surface area contributed by atoms with E-state index in [9.17, 15) is 26.7 Å². The van der Waals surface area contributed by atoms with E-state index in [1.54, 1.807) is 42.5 Å². The van der Waals surface area contributed by atoms with E-state index >= 15 is 0 Å². The van der Waals surface area contributed by atoms with Gasteiger partial charge in [-0.1, -0.05) is 27.5 Å². The highest BCUT2D eigenvalue weighted by molar-refractivity contribution is 9.10. The van der Waals surface area contributed by atoms with Crippen molar-refractivity contribution < 1.29 is 26.7 Å². The lowest BCUT2D eigenvalue weighted by Crippen LogP contribution is -2.47. The van der Waals surface area contributed by atoms with Gasteiger partial charge < -0.3 is 15.1 Å². The molecule has 0 saturated carbocycles. The number of nitrogens with one attached hydrogen (secondary N) is 2. The van der Waals surface area contributed by atoms with E-state index in [2.05, 4.69) is 26.6 Å². The van der Waals surface area contributed by atoms with Gasteiger partial charge in [-0.3, -0.25) is 10.1 Å². The summed E-state index contributed by atoms with van der Waals surface area (Å²) in [6.45, 7) is 0.434. The second-order valence-electron chi connectivity index (χ2n) is 7.97. The summed E-state index contributed by atoms with van der Waals surface area (Å²) in [5.41, 5.74) is 0.593. The van der Waals surface area contributed by atoms with Crippen molar-refractivity contribution >= 4 is 67.8 Å². The number of rotatable bonds is 4. The number of nitrogens with zero attached hydrogens (tertiary/aromatic N) is 2. The van der Waals surface area contributed by atoms with Gasteiger partial charge in [0.25, 0.3) is 5.91 Å². The predicted molar refractivity (Wildman–Crippen MR) is 140 cm³/mol. The van der Waals surface area contributed by atoms with Crippen LogP contribution in [0.5, 0.6) is 0 Å². The van der Waals surface area contributed by atoms with E-state index in [0.29, 0.717) is 22.0 Å². The summed E-state index contributed by atoms with van der Waals surface area (Å²) in [5, 5.41) is 5.84. The maximum Gasteiger partial charge on any atom is 0.257 e. The lowest BCUT2D eigenvalue weighted by molar-refractivity contribution is 0.0977. The smallest absolute Gasteiger partial charge is 0.257 e. The second-order valence-corrected chi connectivity index (χ2v) is 9.71. The number of carbonyl (C=O) groups is 1. The van der Waals surface area contributed by atoms with Crippen LogP contribution in [-0.4, -0.2) is 37.2 Å². The molecule has 1 saturated heterocycles. The SMILES string of the molecule is O=C(NC(=S)Nc1ccc(N2CCN(c3c(F)c(F)c(F)c(F)c3F)CC2)c(Cl)c1)c1ccc(Br)cc1. The Hall–Kier alpha value is -2.96. The molecule has 3 aromatic carbocycles. The number of benzene rings is 3. The minimum absolute atomic E-state index is 0.000851. The molecule has 0 atom stereocenters. The topological polar surface area (TPSA) is 47.6 Å². The molecule has 4 rings (SSSR count). The molecule has 1 aliphatic rings. The molecule has 3 aromatic rings. The van der Waals surface area contributed by atoms with Gasteiger partial charge in [0, 0.05) is 41.9 Å². The largest absolute Gasteiger partial charge is 0.367 e. The number of thiocarbonyl (C=S) groups is 1. The third-order valence-corrected chi connectivity index (χ3v) is 6.70. The van der Waals surface area contributed by atoms with Crippen molar-refractivity contribution in [1.29, 1.82) is 0 Å². The van der Waals surface area contributed by atoms with Crippen molar-refractivity contribution in [3.8, 4) is 0 Å². The molecule has 0 spiro atoms. The van der Waals surface area contributed by atoms with Gasteiger partial charge >= 0.3 is 0 Å². The van der Waals surface area contributed by atoms with Gasteiger partial charge in [-0.05, 0) is 54.7 Å². The van der Waals surface area contributed by atoms with Crippen molar-refractivity contribution in [1.82, 2.24) is 5.32 Å². The third kappa shape index (κ3) is 5.81. The van der Waals surface area contributed by atoms with E-state index in [0.717, 1.165) is 9.37 Å². The minimum atomic E-state index is -2.19. The molecule has 0 aliphatic carbocycles. The average molecular weight is 620 g/mol. The molecular formula is C24H17BrClF5N4OS. The summed E-state index contributed by atoms with van der Waals surface area (Å²) in [5.74, 6) is -10.3. The zero-order valence-electron chi connectivity index (χ0n) is 18.7. The Morgan fingerprint density at radius 2 is 1.38 bits per heavy atom. The Bertz CT molecular complexity index is 1340. The van der Waals surface area contributed by atoms with E-state index < -0.39 is 34.8 Å². The van der Waals surface area contributed by atoms with Crippen molar-refractivity contribution in [2.24, 2.45) is 0 Å². The van der Waals surface area contributed by atoms with E-state index in [4.69, 9.17) is 23.8 Å². The molecule has 0 radical (unpaired) electrons. The Kier molecular flexibility index (Phi) is 8.20. The summed E-state index contributed by atoms with van der Waals surface area (Å²) in [6.07, 6.45) is 0. The van der Waals surface area contributed by atoms with Gasteiger partial charge in [0.05, 0.1) is 10.7 Å². The van der Waals surface area contributed by atoms with Gasteiger partial charge in [-0.15, -0.1) is 0 Å². The number of amides is 1. The molecule has 0 bridgehead atoms. The Balaban J connectivity index is 1.39. The van der Waals surface area contributed by atoms with Crippen LogP contribution in [0.1, 0.15) is 10.4 Å². The molecule has 37 heavy (non-hydrogen) atoms. The molecule has 1 aliphatic heterocycles. The number of hydrogen-bond acceptors (Lipinski definition) is 4. The number of anilines is 3. The quantitative estimate of drug-likeness (QED) is 0.157. The molecule has 13 heteroatoms. The minimum Gasteiger partial charge on any atom is -0.367 e. The number of hydrogen-bond donors (Lipinski definition) is 2. The number of halogens is 7. The van der Waals surface area contributed by atoms with Crippen molar-refractivity contribution in [2.75, 3.05) is 41.3 Å². The highest BCUT2D eigenvalue weighted by Crippen LogP contribution is 2.33. The fourth-order valence-corrected chi connectivity index (χ4v) is 4.60. The maximum atomic E-state index is 14.2. The number of carbonyl (C=O) groups excluding carboxylic acids is 1. The molecule has 0 aromatic heterocycles. The first-order chi connectivity index (χ1) is 17.6. The van der Waals surface area contributed by atoms with Crippen LogP contribution in [0.4, 0.5) is 39.0 Å². The highest BCUT2D eigenvalue weighted by Gasteiger charge is 2.31. The van der Waals surface area contributed by atoms with E-state index in [1.807, 2.05) is 4.90 Å². The fourth-order valence-electron chi connectivity index (χ4n) is 3.82. The maximum absolute atomic E-state index is 14.2. The van der Waals surface area contributed by atoms with Crippen molar-refractivity contribution in [2.45, 2.75) is 0 Å². The van der Waals surface area contributed by atoms with Crippen LogP contribution in [-0.2, 0) is 0 Å². The van der Waals surface area contributed by atoms with Gasteiger partial charge in [-0.2, -0.15) is 0 Å². The molecule has 0 unspecified atom stereocenters. The normalized spacial score (nSPS) is 13.5. The second kappa shape index (κ2) is 11.2. The molecular weight excluding hydrogens is 603 g/mol. The predicted octanol–water partition coefficient (Wildman–Crippen LogP) is 6.25. The molecule has 2 N–H and O–H groups in total. The first-order valence-corrected chi connectivity index (χ1v) is 12.3. The highest BCUT2D eigenvalue weighted by atomic mass is 79.9. The van der Waals surface area contributed by atoms with E-state index in [1.165, 1.54) is 0 Å². The average Bonchev–Trinajstić information content (AvgIpc) is 2.87. The Morgan fingerprint density at radius 1 is 0.838 bits per heavy atom. The molecule has 5 nitrogen and oxygen atoms in total. The fraction of sp³-hybridized carbons (Fsp3) is 0.167. The first-order valence-electron chi connectivity index (χ1n) is 10.8. The zero-order valence-corrected chi connectivity index (χ0v) is 21.9. The Morgan fingerprint density at radius 3 is 1.95 bits per heavy atom. The summed E-state index contributed by atoms with van der Waals surface area (Å²) in [6, 6.07) is 11.7. The summed E-state index contributed by atoms with van der Waals surface area (Å²) in [7, 11) is 0. The van der Waals surface area contributed by atoms with Crippen LogP contribution in [0.3, 0.4) is 0 Å². The third-order valence-electron chi connectivity index (χ3n) is 5.66. The van der Waals surface area contributed by atoms with Crippen LogP contribution >= 0.6 is 39.7 Å². The van der Waals surface area contributed by atoms with Crippen LogP contribution < -0.4 is 20.4 Å². The summed E-state index contributed by atoms with van der Waals surface area (Å²) < 4.78 is 69.7. The standard InChI is InChI=1S/C24H17BrClF5N4OS/c25-13-3-1-12(2-4-13)23(36)33-24(37)32-14-5-6-16(15(26)11-14)34-7-9-35(10-8-34)22-20(30)18(28)17(27)19(29)21(22)31/h1-6,11H,7-10H2,(H2,32,33,36,37). The lowest BCUT2D eigenvalue weighted by atomic mass is 10.2. The molecule has 1 heterocycles. The van der Waals surface area contributed by atoms with Crippen molar-refractivity contribution in [3.05, 3.63) is 86.6 Å².